The number of benzene rings is 2. The van der Waals surface area contributed by atoms with E-state index in [1.807, 2.05) is 55.5 Å². The number of hydrogen-bond acceptors (Lipinski definition) is 2. The zero-order valence-electron chi connectivity index (χ0n) is 13.1. The lowest BCUT2D eigenvalue weighted by Gasteiger charge is -2.13. The maximum atomic E-state index is 13.0. The molecule has 0 bridgehead atoms. The number of carbonyl (C=O) groups excluding carboxylic acids is 1. The third-order valence-corrected chi connectivity index (χ3v) is 4.42. The van der Waals surface area contributed by atoms with Gasteiger partial charge in [-0.1, -0.05) is 30.3 Å². The van der Waals surface area contributed by atoms with Crippen LogP contribution in [0.4, 0.5) is 5.69 Å². The Morgan fingerprint density at radius 1 is 1.09 bits per heavy atom. The van der Waals surface area contributed by atoms with E-state index in [2.05, 4.69) is 5.32 Å². The maximum absolute atomic E-state index is 13.0. The van der Waals surface area contributed by atoms with Gasteiger partial charge in [0, 0.05) is 16.8 Å². The fraction of sp³-hybridized carbons (Fsp3) is 0.200. The van der Waals surface area contributed by atoms with E-state index in [0.29, 0.717) is 0 Å². The van der Waals surface area contributed by atoms with E-state index in [1.165, 1.54) is 0 Å². The fourth-order valence-electron chi connectivity index (χ4n) is 3.39. The van der Waals surface area contributed by atoms with Crippen molar-refractivity contribution in [1.29, 1.82) is 0 Å². The number of anilines is 1. The predicted molar refractivity (Wildman–Crippen MR) is 92.9 cm³/mol. The molecular weight excluding hydrogens is 284 g/mol. The van der Waals surface area contributed by atoms with Crippen molar-refractivity contribution in [2.75, 3.05) is 5.32 Å². The summed E-state index contributed by atoms with van der Waals surface area (Å²) in [5, 5.41) is 4.00. The van der Waals surface area contributed by atoms with Gasteiger partial charge in [0.05, 0.1) is 11.1 Å². The standard InChI is InChI=1S/C20H18N2O/c1-13-6-4-7-14(12-13)21-20(23)19-15-8-2-3-10-17(15)22-18-11-5-9-16(18)19/h2-4,6-8,10,12H,5,9,11H2,1H3,(H,21,23). The number of hydrogen-bond donors (Lipinski definition) is 1. The molecule has 1 aromatic heterocycles. The number of amides is 1. The molecule has 1 N–H and O–H groups in total. The van der Waals surface area contributed by atoms with Gasteiger partial charge in [-0.2, -0.15) is 0 Å². The Bertz CT molecular complexity index is 915. The zero-order valence-corrected chi connectivity index (χ0v) is 13.1. The van der Waals surface area contributed by atoms with Gasteiger partial charge in [0.1, 0.15) is 0 Å². The van der Waals surface area contributed by atoms with E-state index in [0.717, 1.165) is 58.2 Å². The molecule has 1 heterocycles. The molecule has 114 valence electrons. The van der Waals surface area contributed by atoms with Crippen LogP contribution in [0.2, 0.25) is 0 Å². The average molecular weight is 302 g/mol. The SMILES string of the molecule is Cc1cccc(NC(=O)c2c3c(nc4ccccc24)CCC3)c1. The van der Waals surface area contributed by atoms with Gasteiger partial charge in [0.15, 0.2) is 0 Å². The highest BCUT2D eigenvalue weighted by molar-refractivity contribution is 6.13. The van der Waals surface area contributed by atoms with Crippen molar-refractivity contribution in [3.8, 4) is 0 Å². The molecule has 0 aliphatic heterocycles. The summed E-state index contributed by atoms with van der Waals surface area (Å²) < 4.78 is 0. The molecule has 23 heavy (non-hydrogen) atoms. The summed E-state index contributed by atoms with van der Waals surface area (Å²) in [6.07, 6.45) is 2.97. The molecular formula is C20H18N2O. The van der Waals surface area contributed by atoms with Crippen LogP contribution in [0.1, 0.15) is 33.6 Å². The molecule has 2 aromatic carbocycles. The molecule has 1 aliphatic rings. The highest BCUT2D eigenvalue weighted by Gasteiger charge is 2.23. The lowest BCUT2D eigenvalue weighted by molar-refractivity contribution is 0.102. The molecule has 3 nitrogen and oxygen atoms in total. The molecule has 0 saturated carbocycles. The van der Waals surface area contributed by atoms with E-state index in [9.17, 15) is 4.79 Å². The topological polar surface area (TPSA) is 42.0 Å². The van der Waals surface area contributed by atoms with Gasteiger partial charge >= 0.3 is 0 Å². The zero-order chi connectivity index (χ0) is 15.8. The van der Waals surface area contributed by atoms with Crippen molar-refractivity contribution in [3.05, 3.63) is 70.9 Å². The number of aromatic nitrogens is 1. The number of aryl methyl sites for hydroxylation is 2. The van der Waals surface area contributed by atoms with Crippen molar-refractivity contribution in [1.82, 2.24) is 4.98 Å². The summed E-state index contributed by atoms with van der Waals surface area (Å²) >= 11 is 0. The second-order valence-corrected chi connectivity index (χ2v) is 6.11. The molecule has 0 fully saturated rings. The number of nitrogens with zero attached hydrogens (tertiary/aromatic N) is 1. The normalized spacial score (nSPS) is 13.1. The van der Waals surface area contributed by atoms with Crippen LogP contribution in [0.25, 0.3) is 10.9 Å². The van der Waals surface area contributed by atoms with Crippen molar-refractivity contribution in [2.24, 2.45) is 0 Å². The average Bonchev–Trinajstić information content (AvgIpc) is 3.00. The van der Waals surface area contributed by atoms with Crippen molar-refractivity contribution < 1.29 is 4.79 Å². The van der Waals surface area contributed by atoms with Crippen molar-refractivity contribution in [2.45, 2.75) is 26.2 Å². The molecule has 1 amide bonds. The molecule has 0 saturated heterocycles. The summed E-state index contributed by atoms with van der Waals surface area (Å²) in [5.74, 6) is -0.0349. The lowest BCUT2D eigenvalue weighted by Crippen LogP contribution is -2.15. The second-order valence-electron chi connectivity index (χ2n) is 6.11. The molecule has 0 atom stereocenters. The van der Waals surface area contributed by atoms with Crippen LogP contribution >= 0.6 is 0 Å². The van der Waals surface area contributed by atoms with Crippen LogP contribution in [0, 0.1) is 6.92 Å². The van der Waals surface area contributed by atoms with Gasteiger partial charge in [-0.25, -0.2) is 0 Å². The Hall–Kier alpha value is -2.68. The summed E-state index contributed by atoms with van der Waals surface area (Å²) in [6.45, 7) is 2.02. The first-order valence-electron chi connectivity index (χ1n) is 8.01. The van der Waals surface area contributed by atoms with E-state index in [4.69, 9.17) is 4.98 Å². The Morgan fingerprint density at radius 3 is 2.83 bits per heavy atom. The van der Waals surface area contributed by atoms with Crippen LogP contribution in [-0.2, 0) is 12.8 Å². The Labute approximate surface area is 135 Å². The van der Waals surface area contributed by atoms with E-state index in [1.54, 1.807) is 0 Å². The number of carbonyl (C=O) groups is 1. The quantitative estimate of drug-likeness (QED) is 0.767. The number of para-hydroxylation sites is 1. The van der Waals surface area contributed by atoms with Crippen LogP contribution in [0.5, 0.6) is 0 Å². The summed E-state index contributed by atoms with van der Waals surface area (Å²) in [4.78, 5) is 17.7. The first kappa shape index (κ1) is 13.9. The van der Waals surface area contributed by atoms with Crippen molar-refractivity contribution in [3.63, 3.8) is 0 Å². The van der Waals surface area contributed by atoms with Crippen molar-refractivity contribution >= 4 is 22.5 Å². The maximum Gasteiger partial charge on any atom is 0.256 e. The van der Waals surface area contributed by atoms with E-state index < -0.39 is 0 Å². The molecule has 0 radical (unpaired) electrons. The van der Waals surface area contributed by atoms with Gasteiger partial charge < -0.3 is 5.32 Å². The van der Waals surface area contributed by atoms with E-state index >= 15 is 0 Å². The summed E-state index contributed by atoms with van der Waals surface area (Å²) in [7, 11) is 0. The third kappa shape index (κ3) is 2.48. The van der Waals surface area contributed by atoms with Gasteiger partial charge in [-0.3, -0.25) is 9.78 Å². The second kappa shape index (κ2) is 5.51. The van der Waals surface area contributed by atoms with E-state index in [-0.39, 0.29) is 5.91 Å². The third-order valence-electron chi connectivity index (χ3n) is 4.42. The first-order valence-corrected chi connectivity index (χ1v) is 8.01. The summed E-state index contributed by atoms with van der Waals surface area (Å²) in [6, 6.07) is 15.8. The van der Waals surface area contributed by atoms with Crippen LogP contribution < -0.4 is 5.32 Å². The van der Waals surface area contributed by atoms with Crippen LogP contribution in [-0.4, -0.2) is 10.9 Å². The van der Waals surface area contributed by atoms with Gasteiger partial charge in [-0.15, -0.1) is 0 Å². The molecule has 0 spiro atoms. The monoisotopic (exact) mass is 302 g/mol. The largest absolute Gasteiger partial charge is 0.322 e. The highest BCUT2D eigenvalue weighted by atomic mass is 16.1. The molecule has 0 unspecified atom stereocenters. The minimum Gasteiger partial charge on any atom is -0.322 e. The summed E-state index contributed by atoms with van der Waals surface area (Å²) in [5.41, 5.74) is 5.87. The fourth-order valence-corrected chi connectivity index (χ4v) is 3.39. The molecule has 4 rings (SSSR count). The van der Waals surface area contributed by atoms with Gasteiger partial charge in [0.25, 0.3) is 5.91 Å². The molecule has 3 aromatic rings. The lowest BCUT2D eigenvalue weighted by atomic mass is 10.0. The Balaban J connectivity index is 1.83. The molecule has 1 aliphatic carbocycles. The number of pyridine rings is 1. The van der Waals surface area contributed by atoms with Crippen LogP contribution in [0.3, 0.4) is 0 Å². The Morgan fingerprint density at radius 2 is 1.96 bits per heavy atom. The number of fused-ring (bicyclic) bond motifs is 2. The predicted octanol–water partition coefficient (Wildman–Crippen LogP) is 4.28. The van der Waals surface area contributed by atoms with Gasteiger partial charge in [-0.05, 0) is 55.5 Å². The smallest absolute Gasteiger partial charge is 0.256 e. The number of rotatable bonds is 2. The Kier molecular flexibility index (Phi) is 3.34. The number of nitrogens with one attached hydrogen (secondary N) is 1. The van der Waals surface area contributed by atoms with Gasteiger partial charge in [0.2, 0.25) is 0 Å². The van der Waals surface area contributed by atoms with Crippen LogP contribution in [0.15, 0.2) is 48.5 Å². The highest BCUT2D eigenvalue weighted by Crippen LogP contribution is 2.30. The minimum absolute atomic E-state index is 0.0349. The first-order chi connectivity index (χ1) is 11.2. The minimum atomic E-state index is -0.0349. The molecule has 3 heteroatoms.